The van der Waals surface area contributed by atoms with Crippen molar-refractivity contribution in [2.24, 2.45) is 0 Å². The van der Waals surface area contributed by atoms with Gasteiger partial charge in [-0.1, -0.05) is 13.8 Å². The van der Waals surface area contributed by atoms with Gasteiger partial charge in [0.05, 0.1) is 5.39 Å². The average Bonchev–Trinajstić information content (AvgIpc) is 2.77. The third-order valence-corrected chi connectivity index (χ3v) is 6.45. The summed E-state index contributed by atoms with van der Waals surface area (Å²) in [5.74, 6) is 0.999. The van der Waals surface area contributed by atoms with Crippen molar-refractivity contribution >= 4 is 39.0 Å². The minimum Gasteiger partial charge on any atom is -0.265 e. The summed E-state index contributed by atoms with van der Waals surface area (Å²) in [6, 6.07) is 0. The highest BCUT2D eigenvalue weighted by molar-refractivity contribution is 8.00. The molecule has 0 unspecified atom stereocenters. The van der Waals surface area contributed by atoms with Crippen LogP contribution in [0.1, 0.15) is 30.0 Å². The van der Waals surface area contributed by atoms with Gasteiger partial charge >= 0.3 is 0 Å². The monoisotopic (exact) mass is 318 g/mol. The predicted octanol–water partition coefficient (Wildman–Crippen LogP) is 2.58. The van der Waals surface area contributed by atoms with Gasteiger partial charge in [-0.15, -0.1) is 23.1 Å². The Kier molecular flexibility index (Phi) is 2.68. The fraction of sp³-hybridized carbons (Fsp3) is 0.429. The third kappa shape index (κ3) is 1.98. The maximum atomic E-state index is 11.9. The molecule has 0 fully saturated rings. The molecule has 3 aromatic rings. The summed E-state index contributed by atoms with van der Waals surface area (Å²) in [5.41, 5.74) is 2.07. The Bertz CT molecular complexity index is 941. The summed E-state index contributed by atoms with van der Waals surface area (Å²) < 4.78 is 1.83. The summed E-state index contributed by atoms with van der Waals surface area (Å²) in [7, 11) is 0. The van der Waals surface area contributed by atoms with Gasteiger partial charge in [-0.2, -0.15) is 10.1 Å². The lowest BCUT2D eigenvalue weighted by atomic mass is 10.00. The topological polar surface area (TPSA) is 60.1 Å². The molecule has 1 aliphatic heterocycles. The predicted molar refractivity (Wildman–Crippen MR) is 86.3 cm³/mol. The molecular formula is C14H14N4OS2. The SMILES string of the molecule is Cc1nn2cnc3sc4c(c3c2nc1=O)CC(C)(C)SC4. The number of aromatic nitrogens is 4. The molecule has 0 spiro atoms. The summed E-state index contributed by atoms with van der Waals surface area (Å²) in [6.45, 7) is 6.18. The number of hydrogen-bond acceptors (Lipinski definition) is 6. The molecule has 0 aliphatic carbocycles. The van der Waals surface area contributed by atoms with Gasteiger partial charge in [-0.05, 0) is 18.9 Å². The Morgan fingerprint density at radius 1 is 1.38 bits per heavy atom. The fourth-order valence-electron chi connectivity index (χ4n) is 2.70. The number of aryl methyl sites for hydroxylation is 1. The average molecular weight is 318 g/mol. The number of fused-ring (bicyclic) bond motifs is 5. The lowest BCUT2D eigenvalue weighted by Crippen LogP contribution is -2.23. The Labute approximate surface area is 129 Å². The largest absolute Gasteiger partial charge is 0.294 e. The van der Waals surface area contributed by atoms with Crippen molar-refractivity contribution in [2.75, 3.05) is 0 Å². The molecule has 0 N–H and O–H groups in total. The standard InChI is InChI=1S/C14H14N4OS2/c1-7-12(19)16-11-10-8-4-14(2,3)20-5-9(8)21-13(10)15-6-18(11)17-7/h6H,4-5H2,1-3H3. The molecule has 1 aliphatic rings. The number of hydrogen-bond donors (Lipinski definition) is 0. The minimum atomic E-state index is -0.258. The van der Waals surface area contributed by atoms with Gasteiger partial charge in [-0.3, -0.25) is 4.79 Å². The molecule has 0 aromatic carbocycles. The summed E-state index contributed by atoms with van der Waals surface area (Å²) in [4.78, 5) is 22.9. The zero-order valence-corrected chi connectivity index (χ0v) is 13.6. The number of thiophene rings is 1. The Morgan fingerprint density at radius 2 is 2.19 bits per heavy atom. The van der Waals surface area contributed by atoms with Gasteiger partial charge in [0.2, 0.25) is 0 Å². The lowest BCUT2D eigenvalue weighted by molar-refractivity contribution is 0.699. The van der Waals surface area contributed by atoms with Gasteiger partial charge in [0.15, 0.2) is 5.65 Å². The van der Waals surface area contributed by atoms with E-state index >= 15 is 0 Å². The van der Waals surface area contributed by atoms with Crippen LogP contribution in [0.25, 0.3) is 15.9 Å². The van der Waals surface area contributed by atoms with Crippen LogP contribution in [-0.4, -0.2) is 24.3 Å². The first kappa shape index (κ1) is 13.2. The summed E-state index contributed by atoms with van der Waals surface area (Å²) >= 11 is 3.68. The zero-order chi connectivity index (χ0) is 14.8. The smallest absolute Gasteiger partial charge is 0.265 e. The first-order chi connectivity index (χ1) is 9.94. The van der Waals surface area contributed by atoms with Crippen LogP contribution in [0.4, 0.5) is 0 Å². The molecule has 0 amide bonds. The van der Waals surface area contributed by atoms with Crippen molar-refractivity contribution in [1.29, 1.82) is 0 Å². The van der Waals surface area contributed by atoms with Crippen LogP contribution in [0, 0.1) is 6.92 Å². The van der Waals surface area contributed by atoms with Crippen LogP contribution in [0.3, 0.4) is 0 Å². The van der Waals surface area contributed by atoms with Gasteiger partial charge < -0.3 is 0 Å². The van der Waals surface area contributed by atoms with Crippen LogP contribution in [-0.2, 0) is 12.2 Å². The second-order valence-electron chi connectivity index (χ2n) is 5.92. The molecule has 0 saturated carbocycles. The third-order valence-electron chi connectivity index (χ3n) is 3.77. The van der Waals surface area contributed by atoms with Crippen molar-refractivity contribution in [1.82, 2.24) is 19.6 Å². The van der Waals surface area contributed by atoms with Gasteiger partial charge in [0.1, 0.15) is 16.9 Å². The lowest BCUT2D eigenvalue weighted by Gasteiger charge is -2.28. The van der Waals surface area contributed by atoms with Crippen LogP contribution in [0.2, 0.25) is 0 Å². The Hall–Kier alpha value is -1.47. The van der Waals surface area contributed by atoms with E-state index in [1.807, 2.05) is 11.8 Å². The van der Waals surface area contributed by atoms with E-state index in [9.17, 15) is 4.79 Å². The minimum absolute atomic E-state index is 0.201. The van der Waals surface area contributed by atoms with E-state index in [1.165, 1.54) is 10.4 Å². The van der Waals surface area contributed by atoms with Crippen LogP contribution < -0.4 is 5.56 Å². The van der Waals surface area contributed by atoms with Crippen molar-refractivity contribution in [3.63, 3.8) is 0 Å². The molecule has 5 nitrogen and oxygen atoms in total. The molecular weight excluding hydrogens is 304 g/mol. The highest BCUT2D eigenvalue weighted by Crippen LogP contribution is 2.45. The molecule has 0 bridgehead atoms. The number of rotatable bonds is 0. The molecule has 4 rings (SSSR count). The van der Waals surface area contributed by atoms with Crippen LogP contribution >= 0.6 is 23.1 Å². The van der Waals surface area contributed by atoms with Crippen molar-refractivity contribution in [2.45, 2.75) is 37.7 Å². The maximum Gasteiger partial charge on any atom is 0.294 e. The molecule has 0 radical (unpaired) electrons. The van der Waals surface area contributed by atoms with Gasteiger partial charge in [0.25, 0.3) is 5.56 Å². The van der Waals surface area contributed by atoms with E-state index in [-0.39, 0.29) is 10.3 Å². The highest BCUT2D eigenvalue weighted by atomic mass is 32.2. The Balaban J connectivity index is 2.13. The molecule has 0 saturated heterocycles. The Morgan fingerprint density at radius 3 is 3.00 bits per heavy atom. The van der Waals surface area contributed by atoms with Crippen molar-refractivity contribution in [3.05, 3.63) is 32.8 Å². The van der Waals surface area contributed by atoms with Crippen molar-refractivity contribution < 1.29 is 0 Å². The molecule has 0 atom stereocenters. The fourth-order valence-corrected chi connectivity index (χ4v) is 5.00. The van der Waals surface area contributed by atoms with Crippen LogP contribution in [0.5, 0.6) is 0 Å². The van der Waals surface area contributed by atoms with E-state index in [0.29, 0.717) is 11.3 Å². The molecule has 3 aromatic heterocycles. The highest BCUT2D eigenvalue weighted by Gasteiger charge is 2.30. The normalized spacial score (nSPS) is 17.3. The van der Waals surface area contributed by atoms with E-state index in [2.05, 4.69) is 28.9 Å². The first-order valence-corrected chi connectivity index (χ1v) is 8.55. The summed E-state index contributed by atoms with van der Waals surface area (Å²) in [5, 5.41) is 5.28. The van der Waals surface area contributed by atoms with E-state index in [1.54, 1.807) is 29.1 Å². The molecule has 21 heavy (non-hydrogen) atoms. The molecule has 7 heteroatoms. The molecule has 108 valence electrons. The van der Waals surface area contributed by atoms with Crippen LogP contribution in [0.15, 0.2) is 11.1 Å². The number of nitrogens with zero attached hydrogens (tertiary/aromatic N) is 4. The summed E-state index contributed by atoms with van der Waals surface area (Å²) in [6.07, 6.45) is 2.62. The first-order valence-electron chi connectivity index (χ1n) is 6.75. The zero-order valence-electron chi connectivity index (χ0n) is 12.0. The van der Waals surface area contributed by atoms with E-state index in [4.69, 9.17) is 0 Å². The quantitative estimate of drug-likeness (QED) is 0.637. The second-order valence-corrected chi connectivity index (χ2v) is 8.69. The number of thioether (sulfide) groups is 1. The van der Waals surface area contributed by atoms with E-state index < -0.39 is 0 Å². The van der Waals surface area contributed by atoms with E-state index in [0.717, 1.165) is 22.4 Å². The van der Waals surface area contributed by atoms with Gasteiger partial charge in [-0.25, -0.2) is 9.50 Å². The molecule has 4 heterocycles. The van der Waals surface area contributed by atoms with Crippen molar-refractivity contribution in [3.8, 4) is 0 Å². The maximum absolute atomic E-state index is 11.9. The second kappa shape index (κ2) is 4.27. The van der Waals surface area contributed by atoms with Gasteiger partial charge in [0, 0.05) is 15.4 Å².